The number of nitrogens with zero attached hydrogens (tertiary/aromatic N) is 3. The number of nitrogens with one attached hydrogen (secondary N) is 1. The van der Waals surface area contributed by atoms with Crippen LogP contribution in [0.15, 0.2) is 0 Å². The third-order valence-electron chi connectivity index (χ3n) is 7.03. The first-order chi connectivity index (χ1) is 22.3. The average Bonchev–Trinajstić information content (AvgIpc) is 2.97. The van der Waals surface area contributed by atoms with Crippen molar-refractivity contribution in [1.29, 1.82) is 0 Å². The van der Waals surface area contributed by atoms with Crippen LogP contribution >= 0.6 is 11.8 Å². The Balaban J connectivity index is 2.45. The van der Waals surface area contributed by atoms with Crippen molar-refractivity contribution >= 4 is 41.5 Å². The minimum Gasteiger partial charge on any atom is -0.480 e. The van der Waals surface area contributed by atoms with Crippen LogP contribution in [0, 0.1) is 0 Å². The third kappa shape index (κ3) is 18.5. The number of aliphatic hydroxyl groups is 2. The minimum absolute atomic E-state index is 0.00554. The van der Waals surface area contributed by atoms with Gasteiger partial charge in [-0.05, 0) is 18.6 Å². The molecule has 0 spiro atoms. The number of carbonyl (C=O) groups is 5. The van der Waals surface area contributed by atoms with Crippen LogP contribution in [0.4, 0.5) is 0 Å². The Labute approximate surface area is 277 Å². The second-order valence-corrected chi connectivity index (χ2v) is 12.2. The predicted octanol–water partition coefficient (Wildman–Crippen LogP) is -2.25. The Bertz CT molecular complexity index is 961. The number of carboxylic acids is 4. The molecule has 1 saturated heterocycles. The van der Waals surface area contributed by atoms with Crippen LogP contribution in [0.25, 0.3) is 0 Å². The van der Waals surface area contributed by atoms with Crippen molar-refractivity contribution in [3.05, 3.63) is 0 Å². The first kappa shape index (κ1) is 42.4. The van der Waals surface area contributed by atoms with Gasteiger partial charge in [0.2, 0.25) is 5.91 Å². The maximum absolute atomic E-state index is 12.5. The van der Waals surface area contributed by atoms with E-state index in [0.29, 0.717) is 30.9 Å². The van der Waals surface area contributed by atoms with Crippen molar-refractivity contribution in [2.75, 3.05) is 90.7 Å². The van der Waals surface area contributed by atoms with E-state index in [4.69, 9.17) is 24.4 Å². The largest absolute Gasteiger partial charge is 0.480 e. The molecule has 1 rings (SSSR count). The summed E-state index contributed by atoms with van der Waals surface area (Å²) in [6, 6.07) is 0. The number of carbonyl (C=O) groups excluding carboxylic acids is 1. The van der Waals surface area contributed by atoms with Crippen molar-refractivity contribution in [1.82, 2.24) is 20.0 Å². The molecule has 1 aliphatic rings. The average molecular weight is 699 g/mol. The SMILES string of the molecule is CCCC1O[C@@H](OC)C(OCCCSCCNC(=O)CN(CCN(CCN(CC(=O)O)CC(=O)O)CC(=O)O)CC(=O)O)C(O)[C@@H]1O. The zero-order valence-electron chi connectivity index (χ0n) is 26.9. The van der Waals surface area contributed by atoms with Crippen molar-refractivity contribution in [3.8, 4) is 0 Å². The van der Waals surface area contributed by atoms with E-state index < -0.39 is 86.7 Å². The smallest absolute Gasteiger partial charge is 0.317 e. The standard InChI is InChI=1S/C28H50N4O14S/c1-3-5-19-25(42)26(43)27(28(44-2)46-19)45-11-4-12-47-13-6-29-20(33)14-31(16-22(36)37)9-7-30(15-21(34)35)8-10-32(17-23(38)39)18-24(40)41/h19,25-28,42-43H,3-18H2,1-2H3,(H,29,33)(H,34,35)(H,36,37)(H,38,39)(H,40,41)/t19?,25-,26?,27?,28-/m1/s1. The number of hydrogen-bond acceptors (Lipinski definition) is 14. The molecule has 47 heavy (non-hydrogen) atoms. The van der Waals surface area contributed by atoms with Crippen LogP contribution in [0.2, 0.25) is 0 Å². The molecule has 0 aromatic rings. The Morgan fingerprint density at radius 2 is 1.28 bits per heavy atom. The Hall–Kier alpha value is -2.62. The van der Waals surface area contributed by atoms with Gasteiger partial charge in [-0.1, -0.05) is 13.3 Å². The van der Waals surface area contributed by atoms with Gasteiger partial charge in [-0.3, -0.25) is 38.7 Å². The second-order valence-electron chi connectivity index (χ2n) is 11.0. The van der Waals surface area contributed by atoms with Gasteiger partial charge in [0.25, 0.3) is 0 Å². The Morgan fingerprint density at radius 1 is 0.766 bits per heavy atom. The van der Waals surface area contributed by atoms with Gasteiger partial charge < -0.3 is 50.2 Å². The molecule has 0 aromatic carbocycles. The molecule has 1 heterocycles. The van der Waals surface area contributed by atoms with Gasteiger partial charge in [0.15, 0.2) is 6.29 Å². The quantitative estimate of drug-likeness (QED) is 0.0447. The summed E-state index contributed by atoms with van der Waals surface area (Å²) < 4.78 is 16.8. The van der Waals surface area contributed by atoms with Crippen LogP contribution in [0.5, 0.6) is 0 Å². The highest BCUT2D eigenvalue weighted by Crippen LogP contribution is 2.26. The van der Waals surface area contributed by atoms with Crippen LogP contribution in [-0.4, -0.2) is 196 Å². The molecule has 0 radical (unpaired) electrons. The van der Waals surface area contributed by atoms with E-state index in [0.717, 1.165) is 11.3 Å². The zero-order valence-corrected chi connectivity index (χ0v) is 27.7. The molecule has 0 bridgehead atoms. The number of aliphatic hydroxyl groups excluding tert-OH is 2. The summed E-state index contributed by atoms with van der Waals surface area (Å²) in [7, 11) is 1.44. The number of thioether (sulfide) groups is 1. The van der Waals surface area contributed by atoms with E-state index in [-0.39, 0.29) is 39.3 Å². The molecule has 1 fully saturated rings. The summed E-state index contributed by atoms with van der Waals surface area (Å²) in [5.41, 5.74) is 0. The molecule has 1 amide bonds. The van der Waals surface area contributed by atoms with E-state index in [1.54, 1.807) is 11.8 Å². The number of ether oxygens (including phenoxy) is 3. The van der Waals surface area contributed by atoms with Crippen LogP contribution < -0.4 is 5.32 Å². The number of carboxylic acid groups (broad SMARTS) is 4. The number of hydrogen-bond donors (Lipinski definition) is 7. The molecular weight excluding hydrogens is 648 g/mol. The topological polar surface area (TPSA) is 256 Å². The molecule has 18 nitrogen and oxygen atoms in total. The molecule has 19 heteroatoms. The highest BCUT2D eigenvalue weighted by Gasteiger charge is 2.45. The van der Waals surface area contributed by atoms with E-state index in [1.165, 1.54) is 16.9 Å². The van der Waals surface area contributed by atoms with Gasteiger partial charge in [0.1, 0.15) is 18.3 Å². The molecule has 0 aromatic heterocycles. The van der Waals surface area contributed by atoms with Crippen molar-refractivity contribution in [3.63, 3.8) is 0 Å². The minimum atomic E-state index is -1.24. The van der Waals surface area contributed by atoms with E-state index in [1.807, 2.05) is 6.92 Å². The molecular formula is C28H50N4O14S. The van der Waals surface area contributed by atoms with Gasteiger partial charge in [-0.15, -0.1) is 0 Å². The van der Waals surface area contributed by atoms with Crippen LogP contribution in [0.3, 0.4) is 0 Å². The lowest BCUT2D eigenvalue weighted by molar-refractivity contribution is -0.300. The molecule has 3 unspecified atom stereocenters. The van der Waals surface area contributed by atoms with Gasteiger partial charge in [0.05, 0.1) is 38.8 Å². The molecule has 1 aliphatic heterocycles. The summed E-state index contributed by atoms with van der Waals surface area (Å²) in [5.74, 6) is -4.03. The summed E-state index contributed by atoms with van der Waals surface area (Å²) >= 11 is 1.54. The Kier molecular flexibility index (Phi) is 21.3. The summed E-state index contributed by atoms with van der Waals surface area (Å²) in [6.45, 7) is 0.258. The van der Waals surface area contributed by atoms with Gasteiger partial charge in [-0.25, -0.2) is 0 Å². The van der Waals surface area contributed by atoms with Gasteiger partial charge in [-0.2, -0.15) is 11.8 Å². The number of aliphatic carboxylic acids is 4. The summed E-state index contributed by atoms with van der Waals surface area (Å²) in [6.07, 6.45) is -2.41. The zero-order chi connectivity index (χ0) is 35.4. The molecule has 5 atom stereocenters. The maximum atomic E-state index is 12.5. The lowest BCUT2D eigenvalue weighted by Crippen LogP contribution is -2.58. The van der Waals surface area contributed by atoms with Crippen molar-refractivity contribution in [2.24, 2.45) is 0 Å². The van der Waals surface area contributed by atoms with E-state index >= 15 is 0 Å². The molecule has 7 N–H and O–H groups in total. The van der Waals surface area contributed by atoms with Crippen LogP contribution in [0.1, 0.15) is 26.2 Å². The molecule has 0 aliphatic carbocycles. The summed E-state index contributed by atoms with van der Waals surface area (Å²) in [5, 5.41) is 60.1. The number of rotatable bonds is 27. The van der Waals surface area contributed by atoms with Gasteiger partial charge in [0, 0.05) is 52.2 Å². The van der Waals surface area contributed by atoms with E-state index in [2.05, 4.69) is 5.32 Å². The first-order valence-electron chi connectivity index (χ1n) is 15.3. The highest BCUT2D eigenvalue weighted by molar-refractivity contribution is 7.99. The lowest BCUT2D eigenvalue weighted by Gasteiger charge is -2.41. The fourth-order valence-corrected chi connectivity index (χ4v) is 5.60. The maximum Gasteiger partial charge on any atom is 0.317 e. The Morgan fingerprint density at radius 3 is 1.79 bits per heavy atom. The predicted molar refractivity (Wildman–Crippen MR) is 167 cm³/mol. The summed E-state index contributed by atoms with van der Waals surface area (Å²) in [4.78, 5) is 61.2. The molecule has 0 saturated carbocycles. The van der Waals surface area contributed by atoms with Crippen molar-refractivity contribution in [2.45, 2.75) is 56.9 Å². The third-order valence-corrected chi connectivity index (χ3v) is 8.10. The fourth-order valence-electron chi connectivity index (χ4n) is 4.83. The number of amides is 1. The normalized spacial score (nSPS) is 21.3. The van der Waals surface area contributed by atoms with Crippen LogP contribution in [-0.2, 0) is 38.2 Å². The first-order valence-corrected chi connectivity index (χ1v) is 16.5. The van der Waals surface area contributed by atoms with Crippen molar-refractivity contribution < 1.29 is 68.8 Å². The van der Waals surface area contributed by atoms with Gasteiger partial charge >= 0.3 is 23.9 Å². The molecule has 272 valence electrons. The lowest BCUT2D eigenvalue weighted by atomic mass is 9.96. The highest BCUT2D eigenvalue weighted by atomic mass is 32.2. The van der Waals surface area contributed by atoms with E-state index in [9.17, 15) is 44.4 Å². The monoisotopic (exact) mass is 698 g/mol. The fraction of sp³-hybridized carbons (Fsp3) is 0.821. The number of methoxy groups -OCH3 is 1. The second kappa shape index (κ2) is 23.7.